The van der Waals surface area contributed by atoms with Crippen molar-refractivity contribution in [2.45, 2.75) is 43.9 Å². The van der Waals surface area contributed by atoms with E-state index in [2.05, 4.69) is 27.8 Å². The third kappa shape index (κ3) is 3.77. The van der Waals surface area contributed by atoms with E-state index in [9.17, 15) is 9.90 Å². The molecule has 2 saturated heterocycles. The lowest BCUT2D eigenvalue weighted by Crippen LogP contribution is -2.43. The Bertz CT molecular complexity index is 884. The zero-order valence-electron chi connectivity index (χ0n) is 17.2. The Morgan fingerprint density at radius 2 is 2.10 bits per heavy atom. The largest absolute Gasteiger partial charge is 0.393 e. The van der Waals surface area contributed by atoms with E-state index in [0.29, 0.717) is 32.7 Å². The molecule has 0 bridgehead atoms. The van der Waals surface area contributed by atoms with Crippen molar-refractivity contribution in [1.29, 1.82) is 0 Å². The minimum absolute atomic E-state index is 0.0441. The summed E-state index contributed by atoms with van der Waals surface area (Å²) in [5.74, 6) is 0.251. The van der Waals surface area contributed by atoms with Gasteiger partial charge in [-0.2, -0.15) is 0 Å². The highest BCUT2D eigenvalue weighted by Gasteiger charge is 2.34. The lowest BCUT2D eigenvalue weighted by atomic mass is 9.86. The van der Waals surface area contributed by atoms with Gasteiger partial charge in [-0.3, -0.25) is 4.79 Å². The van der Waals surface area contributed by atoms with Crippen molar-refractivity contribution in [1.82, 2.24) is 14.5 Å². The van der Waals surface area contributed by atoms with Crippen LogP contribution in [0.25, 0.3) is 11.3 Å². The Hall–Kier alpha value is -2.22. The number of aliphatic hydroxyl groups excluding tert-OH is 1. The van der Waals surface area contributed by atoms with Crippen molar-refractivity contribution < 1.29 is 19.4 Å². The first-order valence-corrected chi connectivity index (χ1v) is 11.0. The molecule has 0 radical (unpaired) electrons. The van der Waals surface area contributed by atoms with E-state index in [4.69, 9.17) is 9.47 Å². The number of amides is 1. The molecule has 1 amide bonds. The highest BCUT2D eigenvalue weighted by Crippen LogP contribution is 2.42. The van der Waals surface area contributed by atoms with Crippen LogP contribution in [0.2, 0.25) is 0 Å². The number of likely N-dealkylation sites (tertiary alicyclic amines) is 1. The number of ether oxygens (including phenoxy) is 2. The number of carbonyl (C=O) groups is 1. The summed E-state index contributed by atoms with van der Waals surface area (Å²) in [5, 5.41) is 11.0. The van der Waals surface area contributed by atoms with Gasteiger partial charge in [0.2, 0.25) is 5.91 Å². The fourth-order valence-corrected chi connectivity index (χ4v) is 5.05. The Balaban J connectivity index is 1.15. The van der Waals surface area contributed by atoms with Crippen molar-refractivity contribution in [3.8, 4) is 11.3 Å². The van der Waals surface area contributed by atoms with Gasteiger partial charge in [0.15, 0.2) is 0 Å². The van der Waals surface area contributed by atoms with Gasteiger partial charge in [0.05, 0.1) is 43.1 Å². The number of aromatic nitrogens is 2. The third-order valence-electron chi connectivity index (χ3n) is 6.83. The summed E-state index contributed by atoms with van der Waals surface area (Å²) >= 11 is 0. The minimum Gasteiger partial charge on any atom is -0.393 e. The monoisotopic (exact) mass is 411 g/mol. The molecule has 2 aromatic rings. The van der Waals surface area contributed by atoms with Crippen molar-refractivity contribution in [3.63, 3.8) is 0 Å². The van der Waals surface area contributed by atoms with E-state index in [0.717, 1.165) is 25.0 Å². The van der Waals surface area contributed by atoms with Gasteiger partial charge in [0, 0.05) is 25.3 Å². The van der Waals surface area contributed by atoms with Crippen molar-refractivity contribution in [2.75, 3.05) is 32.9 Å². The van der Waals surface area contributed by atoms with Crippen LogP contribution >= 0.6 is 0 Å². The molecule has 7 nitrogen and oxygen atoms in total. The Kier molecular flexibility index (Phi) is 5.58. The number of fused-ring (bicyclic) bond motifs is 3. The van der Waals surface area contributed by atoms with Gasteiger partial charge in [-0.05, 0) is 37.2 Å². The summed E-state index contributed by atoms with van der Waals surface area (Å²) in [6.07, 6.45) is 6.60. The van der Waals surface area contributed by atoms with Gasteiger partial charge in [0.1, 0.15) is 6.61 Å². The molecule has 30 heavy (non-hydrogen) atoms. The summed E-state index contributed by atoms with van der Waals surface area (Å²) in [5.41, 5.74) is 3.59. The molecule has 160 valence electrons. The predicted molar refractivity (Wildman–Crippen MR) is 111 cm³/mol. The number of imidazole rings is 1. The molecule has 1 N–H and O–H groups in total. The van der Waals surface area contributed by atoms with Crippen molar-refractivity contribution in [2.24, 2.45) is 5.92 Å². The quantitative estimate of drug-likeness (QED) is 0.789. The molecule has 3 unspecified atom stereocenters. The predicted octanol–water partition coefficient (Wildman–Crippen LogP) is 2.25. The molecule has 1 aromatic heterocycles. The number of piperidine rings is 1. The number of benzene rings is 1. The topological polar surface area (TPSA) is 76.8 Å². The van der Waals surface area contributed by atoms with E-state index in [-0.39, 0.29) is 30.6 Å². The van der Waals surface area contributed by atoms with Crippen LogP contribution in [-0.2, 0) is 14.3 Å². The van der Waals surface area contributed by atoms with Gasteiger partial charge < -0.3 is 24.0 Å². The molecule has 0 saturated carbocycles. The second-order valence-corrected chi connectivity index (χ2v) is 8.61. The number of carbonyl (C=O) groups excluding carboxylic acids is 1. The summed E-state index contributed by atoms with van der Waals surface area (Å²) in [7, 11) is 0. The lowest BCUT2D eigenvalue weighted by molar-refractivity contribution is -0.140. The van der Waals surface area contributed by atoms with Gasteiger partial charge in [-0.1, -0.05) is 24.3 Å². The third-order valence-corrected chi connectivity index (χ3v) is 6.83. The zero-order chi connectivity index (χ0) is 20.5. The summed E-state index contributed by atoms with van der Waals surface area (Å²) < 4.78 is 13.1. The maximum Gasteiger partial charge on any atom is 0.248 e. The van der Waals surface area contributed by atoms with Gasteiger partial charge >= 0.3 is 0 Å². The molecular formula is C23H29N3O4. The molecule has 3 aliphatic rings. The van der Waals surface area contributed by atoms with Crippen molar-refractivity contribution >= 4 is 5.91 Å². The van der Waals surface area contributed by atoms with Gasteiger partial charge in [-0.15, -0.1) is 0 Å². The molecule has 7 heteroatoms. The van der Waals surface area contributed by atoms with Gasteiger partial charge in [-0.25, -0.2) is 4.98 Å². The molecule has 3 atom stereocenters. The molecule has 4 heterocycles. The summed E-state index contributed by atoms with van der Waals surface area (Å²) in [6.45, 7) is 2.80. The SMILES string of the molecule is O=C(COC1CCOC1)N1CCC(C(O)CC2c3ccccc3-c3cncn32)CC1. The maximum absolute atomic E-state index is 12.4. The molecule has 0 aliphatic carbocycles. The minimum atomic E-state index is -0.402. The van der Waals surface area contributed by atoms with E-state index in [1.54, 1.807) is 0 Å². The fraction of sp³-hybridized carbons (Fsp3) is 0.565. The molecule has 1 aromatic carbocycles. The lowest BCUT2D eigenvalue weighted by Gasteiger charge is -2.35. The normalized spacial score (nSPS) is 24.6. The first-order chi connectivity index (χ1) is 14.7. The zero-order valence-corrected chi connectivity index (χ0v) is 17.2. The van der Waals surface area contributed by atoms with Crippen LogP contribution in [0.5, 0.6) is 0 Å². The number of nitrogens with zero attached hydrogens (tertiary/aromatic N) is 3. The van der Waals surface area contributed by atoms with Crippen LogP contribution in [0.1, 0.15) is 37.3 Å². The highest BCUT2D eigenvalue weighted by molar-refractivity contribution is 5.77. The number of hydrogen-bond donors (Lipinski definition) is 1. The van der Waals surface area contributed by atoms with Gasteiger partial charge in [0.25, 0.3) is 0 Å². The first kappa shape index (κ1) is 19.7. The fourth-order valence-electron chi connectivity index (χ4n) is 5.05. The second kappa shape index (κ2) is 8.49. The average molecular weight is 412 g/mol. The van der Waals surface area contributed by atoms with E-state index in [1.807, 2.05) is 23.5 Å². The molecular weight excluding hydrogens is 382 g/mol. The Labute approximate surface area is 176 Å². The summed E-state index contributed by atoms with van der Waals surface area (Å²) in [6, 6.07) is 8.50. The number of hydrogen-bond acceptors (Lipinski definition) is 5. The molecule has 2 fully saturated rings. The molecule has 3 aliphatic heterocycles. The standard InChI is InChI=1S/C23H29N3O4/c27-22(11-20-18-3-1-2-4-19(18)21-12-24-15-26(20)21)16-5-8-25(9-6-16)23(28)14-30-17-7-10-29-13-17/h1-4,12,15-17,20,22,27H,5-11,13-14H2. The van der Waals surface area contributed by atoms with Crippen LogP contribution in [0.3, 0.4) is 0 Å². The van der Waals surface area contributed by atoms with Crippen LogP contribution in [0.15, 0.2) is 36.8 Å². The van der Waals surface area contributed by atoms with Crippen LogP contribution < -0.4 is 0 Å². The van der Waals surface area contributed by atoms with Crippen LogP contribution in [-0.4, -0.2) is 70.6 Å². The highest BCUT2D eigenvalue weighted by atomic mass is 16.5. The van der Waals surface area contributed by atoms with Crippen molar-refractivity contribution in [3.05, 3.63) is 42.4 Å². The summed E-state index contributed by atoms with van der Waals surface area (Å²) in [4.78, 5) is 18.6. The van der Waals surface area contributed by atoms with E-state index < -0.39 is 6.10 Å². The smallest absolute Gasteiger partial charge is 0.248 e. The molecule has 0 spiro atoms. The Morgan fingerprint density at radius 3 is 2.90 bits per heavy atom. The van der Waals surface area contributed by atoms with Crippen LogP contribution in [0.4, 0.5) is 0 Å². The van der Waals surface area contributed by atoms with Crippen LogP contribution in [0, 0.1) is 5.92 Å². The number of aliphatic hydroxyl groups is 1. The number of rotatable bonds is 6. The maximum atomic E-state index is 12.4. The Morgan fingerprint density at radius 1 is 1.27 bits per heavy atom. The average Bonchev–Trinajstić information content (AvgIpc) is 3.52. The first-order valence-electron chi connectivity index (χ1n) is 11.0. The van der Waals surface area contributed by atoms with E-state index in [1.165, 1.54) is 11.1 Å². The second-order valence-electron chi connectivity index (χ2n) is 8.61. The molecule has 5 rings (SSSR count). The van der Waals surface area contributed by atoms with E-state index >= 15 is 0 Å².